The molecule has 1 aromatic heterocycles. The number of fused-ring (bicyclic) bond motifs is 1. The van der Waals surface area contributed by atoms with E-state index in [2.05, 4.69) is 9.97 Å². The summed E-state index contributed by atoms with van der Waals surface area (Å²) in [6.07, 6.45) is 1.33. The van der Waals surface area contributed by atoms with Crippen LogP contribution in [0.15, 0.2) is 48.7 Å². The summed E-state index contributed by atoms with van der Waals surface area (Å²) < 4.78 is 26.0. The molecule has 0 saturated carbocycles. The standard InChI is InChI=1S/C15H8F2N2O/c16-10-6-5-9(7-11(10)17)15(20)14-8-18-12-3-1-2-4-13(12)19-14/h1-8H. The number of carbonyl (C=O) groups is 1. The van der Waals surface area contributed by atoms with E-state index in [4.69, 9.17) is 0 Å². The molecule has 3 nitrogen and oxygen atoms in total. The summed E-state index contributed by atoms with van der Waals surface area (Å²) in [6, 6.07) is 10.1. The van der Waals surface area contributed by atoms with Crippen molar-refractivity contribution < 1.29 is 13.6 Å². The topological polar surface area (TPSA) is 42.9 Å². The molecule has 0 atom stereocenters. The van der Waals surface area contributed by atoms with Gasteiger partial charge in [0.2, 0.25) is 5.78 Å². The third-order valence-corrected chi connectivity index (χ3v) is 2.86. The van der Waals surface area contributed by atoms with Gasteiger partial charge in [0.05, 0.1) is 17.2 Å². The predicted molar refractivity (Wildman–Crippen MR) is 69.3 cm³/mol. The number of hydrogen-bond donors (Lipinski definition) is 0. The molecule has 3 aromatic rings. The molecular formula is C15H8F2N2O. The number of ketones is 1. The number of halogens is 2. The molecule has 0 unspecified atom stereocenters. The molecule has 3 rings (SSSR count). The molecule has 0 bridgehead atoms. The third kappa shape index (κ3) is 2.14. The van der Waals surface area contributed by atoms with Crippen LogP contribution in [0.3, 0.4) is 0 Å². The van der Waals surface area contributed by atoms with Crippen molar-refractivity contribution in [2.24, 2.45) is 0 Å². The highest BCUT2D eigenvalue weighted by Crippen LogP contribution is 2.14. The summed E-state index contributed by atoms with van der Waals surface area (Å²) in [5.74, 6) is -2.56. The quantitative estimate of drug-likeness (QED) is 0.672. The molecule has 0 amide bonds. The van der Waals surface area contributed by atoms with E-state index in [1.807, 2.05) is 6.07 Å². The van der Waals surface area contributed by atoms with Crippen molar-refractivity contribution >= 4 is 16.8 Å². The fourth-order valence-electron chi connectivity index (χ4n) is 1.85. The maximum atomic E-state index is 13.1. The first kappa shape index (κ1) is 12.3. The lowest BCUT2D eigenvalue weighted by Crippen LogP contribution is -2.06. The highest BCUT2D eigenvalue weighted by atomic mass is 19.2. The molecule has 20 heavy (non-hydrogen) atoms. The summed E-state index contributed by atoms with van der Waals surface area (Å²) in [4.78, 5) is 20.5. The maximum absolute atomic E-state index is 13.1. The summed E-state index contributed by atoms with van der Waals surface area (Å²) in [5, 5.41) is 0. The van der Waals surface area contributed by atoms with Gasteiger partial charge in [0.25, 0.3) is 0 Å². The Kier molecular flexibility index (Phi) is 2.95. The van der Waals surface area contributed by atoms with Crippen molar-refractivity contribution in [2.75, 3.05) is 0 Å². The van der Waals surface area contributed by atoms with Crippen LogP contribution >= 0.6 is 0 Å². The summed E-state index contributed by atoms with van der Waals surface area (Å²) in [6.45, 7) is 0. The highest BCUT2D eigenvalue weighted by molar-refractivity contribution is 6.08. The number of benzene rings is 2. The minimum absolute atomic E-state index is 0.0356. The van der Waals surface area contributed by atoms with Crippen LogP contribution in [0.1, 0.15) is 16.1 Å². The van der Waals surface area contributed by atoms with Gasteiger partial charge in [0.15, 0.2) is 11.6 Å². The van der Waals surface area contributed by atoms with Gasteiger partial charge < -0.3 is 0 Å². The first-order valence-corrected chi connectivity index (χ1v) is 5.87. The zero-order chi connectivity index (χ0) is 14.1. The Balaban J connectivity index is 2.05. The van der Waals surface area contributed by atoms with Gasteiger partial charge in [-0.2, -0.15) is 0 Å². The molecule has 0 spiro atoms. The second-order valence-corrected chi connectivity index (χ2v) is 4.20. The van der Waals surface area contributed by atoms with Crippen LogP contribution in [0.4, 0.5) is 8.78 Å². The van der Waals surface area contributed by atoms with E-state index in [1.165, 1.54) is 12.3 Å². The lowest BCUT2D eigenvalue weighted by molar-refractivity contribution is 0.103. The number of hydrogen-bond acceptors (Lipinski definition) is 3. The molecule has 0 fully saturated rings. The van der Waals surface area contributed by atoms with E-state index < -0.39 is 17.4 Å². The number of aromatic nitrogens is 2. The Morgan fingerprint density at radius 2 is 1.70 bits per heavy atom. The molecule has 0 saturated heterocycles. The minimum atomic E-state index is -1.07. The van der Waals surface area contributed by atoms with Crippen molar-refractivity contribution in [3.63, 3.8) is 0 Å². The lowest BCUT2D eigenvalue weighted by atomic mass is 10.1. The van der Waals surface area contributed by atoms with Gasteiger partial charge in [0.1, 0.15) is 5.69 Å². The zero-order valence-electron chi connectivity index (χ0n) is 10.2. The molecule has 0 aliphatic carbocycles. The first-order chi connectivity index (χ1) is 9.65. The molecule has 98 valence electrons. The second-order valence-electron chi connectivity index (χ2n) is 4.20. The summed E-state index contributed by atoms with van der Waals surface area (Å²) >= 11 is 0. The van der Waals surface area contributed by atoms with Gasteiger partial charge in [-0.15, -0.1) is 0 Å². The Bertz CT molecular complexity index is 818. The molecule has 0 aliphatic heterocycles. The molecule has 0 aliphatic rings. The number of carbonyl (C=O) groups excluding carboxylic acids is 1. The third-order valence-electron chi connectivity index (χ3n) is 2.86. The van der Waals surface area contributed by atoms with Gasteiger partial charge in [-0.1, -0.05) is 12.1 Å². The Morgan fingerprint density at radius 3 is 2.45 bits per heavy atom. The van der Waals surface area contributed by atoms with Gasteiger partial charge in [-0.3, -0.25) is 9.78 Å². The maximum Gasteiger partial charge on any atom is 0.213 e. The van der Waals surface area contributed by atoms with E-state index in [1.54, 1.807) is 18.2 Å². The van der Waals surface area contributed by atoms with Crippen LogP contribution in [-0.4, -0.2) is 15.8 Å². The molecule has 5 heteroatoms. The lowest BCUT2D eigenvalue weighted by Gasteiger charge is -2.02. The SMILES string of the molecule is O=C(c1ccc(F)c(F)c1)c1cnc2ccccc2n1. The zero-order valence-corrected chi connectivity index (χ0v) is 10.2. The van der Waals surface area contributed by atoms with E-state index in [0.717, 1.165) is 12.1 Å². The Hall–Kier alpha value is -2.69. The van der Waals surface area contributed by atoms with Gasteiger partial charge in [-0.25, -0.2) is 13.8 Å². The molecule has 0 radical (unpaired) electrons. The predicted octanol–water partition coefficient (Wildman–Crippen LogP) is 3.14. The molecular weight excluding hydrogens is 262 g/mol. The van der Waals surface area contributed by atoms with Crippen molar-refractivity contribution in [3.8, 4) is 0 Å². The largest absolute Gasteiger partial charge is 0.287 e. The highest BCUT2D eigenvalue weighted by Gasteiger charge is 2.14. The number of nitrogens with zero attached hydrogens (tertiary/aromatic N) is 2. The number of rotatable bonds is 2. The van der Waals surface area contributed by atoms with Crippen molar-refractivity contribution in [1.29, 1.82) is 0 Å². The van der Waals surface area contributed by atoms with Crippen LogP contribution in [-0.2, 0) is 0 Å². The van der Waals surface area contributed by atoms with E-state index >= 15 is 0 Å². The van der Waals surface area contributed by atoms with E-state index in [9.17, 15) is 13.6 Å². The van der Waals surface area contributed by atoms with Crippen molar-refractivity contribution in [2.45, 2.75) is 0 Å². The Morgan fingerprint density at radius 1 is 0.950 bits per heavy atom. The van der Waals surface area contributed by atoms with Gasteiger partial charge >= 0.3 is 0 Å². The van der Waals surface area contributed by atoms with Gasteiger partial charge in [-0.05, 0) is 30.3 Å². The normalized spacial score (nSPS) is 10.7. The monoisotopic (exact) mass is 270 g/mol. The van der Waals surface area contributed by atoms with Crippen LogP contribution in [0, 0.1) is 11.6 Å². The fourth-order valence-corrected chi connectivity index (χ4v) is 1.85. The summed E-state index contributed by atoms with van der Waals surface area (Å²) in [5.41, 5.74) is 1.36. The average molecular weight is 270 g/mol. The number of para-hydroxylation sites is 2. The molecule has 0 N–H and O–H groups in total. The fraction of sp³-hybridized carbons (Fsp3) is 0. The van der Waals surface area contributed by atoms with Crippen LogP contribution in [0.25, 0.3) is 11.0 Å². The molecule has 2 aromatic carbocycles. The van der Waals surface area contributed by atoms with Crippen LogP contribution < -0.4 is 0 Å². The van der Waals surface area contributed by atoms with Crippen LogP contribution in [0.2, 0.25) is 0 Å². The van der Waals surface area contributed by atoms with E-state index in [0.29, 0.717) is 11.0 Å². The smallest absolute Gasteiger partial charge is 0.213 e. The second kappa shape index (κ2) is 4.77. The summed E-state index contributed by atoms with van der Waals surface area (Å²) in [7, 11) is 0. The Labute approximate surface area is 112 Å². The van der Waals surface area contributed by atoms with Crippen LogP contribution in [0.5, 0.6) is 0 Å². The minimum Gasteiger partial charge on any atom is -0.287 e. The first-order valence-electron chi connectivity index (χ1n) is 5.87. The average Bonchev–Trinajstić information content (AvgIpc) is 2.49. The van der Waals surface area contributed by atoms with Crippen molar-refractivity contribution in [3.05, 3.63) is 71.6 Å². The van der Waals surface area contributed by atoms with Gasteiger partial charge in [0, 0.05) is 5.56 Å². The van der Waals surface area contributed by atoms with E-state index in [-0.39, 0.29) is 11.3 Å². The molecule has 1 heterocycles. The van der Waals surface area contributed by atoms with Crippen molar-refractivity contribution in [1.82, 2.24) is 9.97 Å².